The van der Waals surface area contributed by atoms with E-state index in [1.54, 1.807) is 13.0 Å². The lowest BCUT2D eigenvalue weighted by atomic mass is 9.96. The molecule has 3 heterocycles. The highest BCUT2D eigenvalue weighted by atomic mass is 19.1. The van der Waals surface area contributed by atoms with Crippen LogP contribution in [-0.4, -0.2) is 62.5 Å². The quantitative estimate of drug-likeness (QED) is 0.240. The molecule has 0 spiro atoms. The van der Waals surface area contributed by atoms with E-state index in [-0.39, 0.29) is 37.6 Å². The molecule has 2 aliphatic rings. The molecule has 1 aromatic heterocycles. The summed E-state index contributed by atoms with van der Waals surface area (Å²) in [7, 11) is 2.94. The first kappa shape index (κ1) is 25.8. The summed E-state index contributed by atoms with van der Waals surface area (Å²) >= 11 is 0. The first-order valence-electron chi connectivity index (χ1n) is 12.0. The van der Waals surface area contributed by atoms with Gasteiger partial charge in [0.2, 0.25) is 18.3 Å². The van der Waals surface area contributed by atoms with Gasteiger partial charge < -0.3 is 33.5 Å². The van der Waals surface area contributed by atoms with Crippen LogP contribution in [0.2, 0.25) is 0 Å². The number of hydrogen-bond acceptors (Lipinski definition) is 10. The molecular weight excluding hydrogens is 515 g/mol. The minimum atomic E-state index is -0.542. The molecule has 39 heavy (non-hydrogen) atoms. The molecular formula is C26H25FN4O8. The lowest BCUT2D eigenvalue weighted by Gasteiger charge is -2.19. The largest absolute Gasteiger partial charge is 0.492 e. The summed E-state index contributed by atoms with van der Waals surface area (Å²) < 4.78 is 41.1. The van der Waals surface area contributed by atoms with E-state index in [2.05, 4.69) is 20.7 Å². The molecule has 2 aliphatic heterocycles. The first-order chi connectivity index (χ1) is 18.9. The fourth-order valence-electron chi connectivity index (χ4n) is 4.43. The number of carbonyl (C=O) groups excluding carboxylic acids is 2. The number of hydrazone groups is 1. The summed E-state index contributed by atoms with van der Waals surface area (Å²) in [5, 5.41) is 8.55. The van der Waals surface area contributed by atoms with Gasteiger partial charge in [-0.05, 0) is 31.2 Å². The number of esters is 1. The van der Waals surface area contributed by atoms with Gasteiger partial charge in [0.05, 0.1) is 27.0 Å². The predicted octanol–water partition coefficient (Wildman–Crippen LogP) is 3.07. The Kier molecular flexibility index (Phi) is 7.21. The van der Waals surface area contributed by atoms with Crippen molar-refractivity contribution in [3.05, 3.63) is 46.9 Å². The number of hydrogen-bond donors (Lipinski definition) is 2. The number of H-pyrrole nitrogens is 1. The zero-order valence-corrected chi connectivity index (χ0v) is 21.3. The predicted molar refractivity (Wildman–Crippen MR) is 136 cm³/mol. The van der Waals surface area contributed by atoms with Crippen molar-refractivity contribution in [1.82, 2.24) is 10.4 Å². The Hall–Kier alpha value is -4.81. The topological polar surface area (TPSA) is 142 Å². The summed E-state index contributed by atoms with van der Waals surface area (Å²) in [6, 6.07) is 5.70. The van der Waals surface area contributed by atoms with Gasteiger partial charge in [-0.2, -0.15) is 5.10 Å². The molecule has 2 N–H and O–H groups in total. The molecule has 0 saturated heterocycles. The van der Waals surface area contributed by atoms with E-state index in [1.165, 1.54) is 38.6 Å². The van der Waals surface area contributed by atoms with Crippen LogP contribution < -0.4 is 24.4 Å². The smallest absolute Gasteiger partial charge is 0.356 e. The van der Waals surface area contributed by atoms with Gasteiger partial charge in [-0.3, -0.25) is 4.79 Å². The van der Waals surface area contributed by atoms with Crippen LogP contribution in [0.4, 0.5) is 4.39 Å². The average molecular weight is 541 g/mol. The molecule has 2 aromatic carbocycles. The molecule has 0 fully saturated rings. The Morgan fingerprint density at radius 1 is 1.21 bits per heavy atom. The zero-order valence-electron chi connectivity index (χ0n) is 21.3. The van der Waals surface area contributed by atoms with Gasteiger partial charge in [-0.25, -0.2) is 14.6 Å². The zero-order chi connectivity index (χ0) is 27.5. The van der Waals surface area contributed by atoms with Gasteiger partial charge in [-0.1, -0.05) is 5.16 Å². The summed E-state index contributed by atoms with van der Waals surface area (Å²) in [4.78, 5) is 33.2. The lowest BCUT2D eigenvalue weighted by molar-refractivity contribution is -0.135. The van der Waals surface area contributed by atoms with Crippen molar-refractivity contribution in [2.75, 3.05) is 27.6 Å². The molecule has 1 atom stereocenters. The van der Waals surface area contributed by atoms with Crippen molar-refractivity contribution in [3.63, 3.8) is 0 Å². The summed E-state index contributed by atoms with van der Waals surface area (Å²) in [5.74, 6) is -0.165. The highest BCUT2D eigenvalue weighted by molar-refractivity contribution is 6.36. The summed E-state index contributed by atoms with van der Waals surface area (Å²) in [6.07, 6.45) is 1.32. The number of oxime groups is 1. The Morgan fingerprint density at radius 3 is 2.77 bits per heavy atom. The highest BCUT2D eigenvalue weighted by Gasteiger charge is 2.34. The Labute approximate surface area is 221 Å². The van der Waals surface area contributed by atoms with E-state index < -0.39 is 23.8 Å². The van der Waals surface area contributed by atoms with E-state index in [9.17, 15) is 14.0 Å². The number of fused-ring (bicyclic) bond motifs is 2. The van der Waals surface area contributed by atoms with Gasteiger partial charge in [0.25, 0.3) is 5.91 Å². The van der Waals surface area contributed by atoms with E-state index in [0.29, 0.717) is 45.0 Å². The standard InChI is InChI=1S/C26H25FN4O8/c1-4-36-26(33)20-10-15(39-31-20)9-16-17(22-24(38-12-37-22)23(35-3)21(16)34-2)11-28-30-25(32)19-8-13-7-14(27)5-6-18(13)29-19/h5-8,11,15,29H,4,9-10,12H2,1-3H3,(H,30,32)/b28-11+/t15-/m0/s1. The van der Waals surface area contributed by atoms with E-state index in [4.69, 9.17) is 28.5 Å². The van der Waals surface area contributed by atoms with Gasteiger partial charge in [0, 0.05) is 34.9 Å². The second-order valence-corrected chi connectivity index (χ2v) is 8.53. The number of benzene rings is 2. The monoisotopic (exact) mass is 540 g/mol. The van der Waals surface area contributed by atoms with E-state index in [1.807, 2.05) is 0 Å². The van der Waals surface area contributed by atoms with Crippen LogP contribution in [0.5, 0.6) is 23.0 Å². The van der Waals surface area contributed by atoms with Gasteiger partial charge in [-0.15, -0.1) is 0 Å². The van der Waals surface area contributed by atoms with Gasteiger partial charge in [0.15, 0.2) is 17.2 Å². The number of carbonyl (C=O) groups is 2. The molecule has 1 amide bonds. The van der Waals surface area contributed by atoms with E-state index in [0.717, 1.165) is 0 Å². The fraction of sp³-hybridized carbons (Fsp3) is 0.308. The number of ether oxygens (including phenoxy) is 5. The number of aromatic amines is 1. The maximum atomic E-state index is 13.5. The molecule has 0 radical (unpaired) electrons. The second kappa shape index (κ2) is 10.9. The molecule has 12 nitrogen and oxygen atoms in total. The number of nitrogens with zero attached hydrogens (tertiary/aromatic N) is 2. The SMILES string of the molecule is CCOC(=O)C1=NO[C@@H](Cc2c(/C=N/NC(=O)c3cc4cc(F)ccc4[nH]3)c3c(c(OC)c2OC)OCO3)C1. The first-order valence-corrected chi connectivity index (χ1v) is 12.0. The Bertz CT molecular complexity index is 1500. The maximum Gasteiger partial charge on any atom is 0.356 e. The van der Waals surface area contributed by atoms with Crippen LogP contribution in [0.1, 0.15) is 35.0 Å². The third kappa shape index (κ3) is 5.02. The van der Waals surface area contributed by atoms with Crippen molar-refractivity contribution >= 4 is 34.7 Å². The van der Waals surface area contributed by atoms with Crippen LogP contribution in [0.15, 0.2) is 34.5 Å². The molecule has 3 aromatic rings. The number of amides is 1. The maximum absolute atomic E-state index is 13.5. The molecule has 0 unspecified atom stereocenters. The van der Waals surface area contributed by atoms with Gasteiger partial charge in [0.1, 0.15) is 17.6 Å². The Balaban J connectivity index is 1.43. The van der Waals surface area contributed by atoms with Crippen LogP contribution in [0.25, 0.3) is 10.9 Å². The molecule has 5 rings (SSSR count). The highest BCUT2D eigenvalue weighted by Crippen LogP contribution is 2.52. The summed E-state index contributed by atoms with van der Waals surface area (Å²) in [5.41, 5.74) is 4.47. The van der Waals surface area contributed by atoms with Gasteiger partial charge >= 0.3 is 5.97 Å². The lowest BCUT2D eigenvalue weighted by Crippen LogP contribution is -2.20. The van der Waals surface area contributed by atoms with Crippen molar-refractivity contribution in [3.8, 4) is 23.0 Å². The Morgan fingerprint density at radius 2 is 2.00 bits per heavy atom. The minimum absolute atomic E-state index is 0.0623. The van der Waals surface area contributed by atoms with Crippen molar-refractivity contribution in [1.29, 1.82) is 0 Å². The molecule has 0 saturated carbocycles. The van der Waals surface area contributed by atoms with Crippen LogP contribution in [-0.2, 0) is 20.8 Å². The number of rotatable bonds is 9. The molecule has 204 valence electrons. The van der Waals surface area contributed by atoms with Crippen molar-refractivity contribution in [2.24, 2.45) is 10.3 Å². The van der Waals surface area contributed by atoms with Crippen LogP contribution in [0, 0.1) is 5.82 Å². The number of halogens is 1. The number of nitrogens with one attached hydrogen (secondary N) is 2. The van der Waals surface area contributed by atoms with E-state index >= 15 is 0 Å². The third-order valence-electron chi connectivity index (χ3n) is 6.14. The van der Waals surface area contributed by atoms with Crippen LogP contribution >= 0.6 is 0 Å². The third-order valence-corrected chi connectivity index (χ3v) is 6.14. The molecule has 0 bridgehead atoms. The number of methoxy groups -OCH3 is 2. The van der Waals surface area contributed by atoms with Crippen molar-refractivity contribution < 1.29 is 42.5 Å². The normalized spacial score (nSPS) is 15.8. The number of aromatic nitrogens is 1. The molecule has 13 heteroatoms. The second-order valence-electron chi connectivity index (χ2n) is 8.53. The molecule has 0 aliphatic carbocycles. The van der Waals surface area contributed by atoms with Crippen molar-refractivity contribution in [2.45, 2.75) is 25.9 Å². The minimum Gasteiger partial charge on any atom is -0.492 e. The van der Waals surface area contributed by atoms with Crippen LogP contribution in [0.3, 0.4) is 0 Å². The fourth-order valence-corrected chi connectivity index (χ4v) is 4.43. The average Bonchev–Trinajstić information content (AvgIpc) is 3.68. The summed E-state index contributed by atoms with van der Waals surface area (Å²) in [6.45, 7) is 1.86.